The van der Waals surface area contributed by atoms with Crippen molar-refractivity contribution in [2.24, 2.45) is 17.2 Å². The topological polar surface area (TPSA) is 121 Å². The number of nitrogens with two attached hydrogens (primary N) is 3. The molecule has 0 fully saturated rings. The van der Waals surface area contributed by atoms with E-state index in [-0.39, 0.29) is 30.8 Å². The number of hydrogen-bond donors (Lipinski definition) is 3. The molecule has 0 bridgehead atoms. The van der Waals surface area contributed by atoms with Crippen LogP contribution in [0.5, 0.6) is 0 Å². The van der Waals surface area contributed by atoms with Gasteiger partial charge >= 0.3 is 5.97 Å². The minimum Gasteiger partial charge on any atom is -0.465 e. The number of methoxy groups -OCH3 is 1. The molecule has 6 N–H and O–H groups in total. The molecule has 0 saturated carbocycles. The zero-order valence-electron chi connectivity index (χ0n) is 13.8. The van der Waals surface area contributed by atoms with Crippen molar-refractivity contribution in [1.29, 1.82) is 0 Å². The van der Waals surface area contributed by atoms with Gasteiger partial charge in [0.1, 0.15) is 0 Å². The number of primary amides is 1. The Labute approximate surface area is 159 Å². The van der Waals surface area contributed by atoms with Crippen LogP contribution in [0.15, 0.2) is 48.5 Å². The SMILES string of the molecule is COC(=O)c1cccc(CN)c1.Cl.Cl.NCc1cccc(C(N)=O)c1. The number of carbonyl (C=O) groups is 2. The molecule has 0 spiro atoms. The lowest BCUT2D eigenvalue weighted by molar-refractivity contribution is 0.0600. The number of ether oxygens (including phenoxy) is 1. The number of benzene rings is 2. The molecule has 0 heterocycles. The highest BCUT2D eigenvalue weighted by molar-refractivity contribution is 5.92. The van der Waals surface area contributed by atoms with Gasteiger partial charge in [0.2, 0.25) is 5.91 Å². The molecule has 0 atom stereocenters. The quantitative estimate of drug-likeness (QED) is 0.692. The minimum absolute atomic E-state index is 0. The van der Waals surface area contributed by atoms with E-state index in [2.05, 4.69) is 4.74 Å². The van der Waals surface area contributed by atoms with E-state index in [9.17, 15) is 9.59 Å². The molecule has 2 aromatic carbocycles. The first-order valence-electron chi connectivity index (χ1n) is 6.98. The Kier molecular flexibility index (Phi) is 13.3. The summed E-state index contributed by atoms with van der Waals surface area (Å²) >= 11 is 0. The third-order valence-electron chi connectivity index (χ3n) is 3.03. The number of rotatable bonds is 4. The van der Waals surface area contributed by atoms with Crippen molar-refractivity contribution in [3.8, 4) is 0 Å². The van der Waals surface area contributed by atoms with Gasteiger partial charge in [0.05, 0.1) is 12.7 Å². The van der Waals surface area contributed by atoms with Gasteiger partial charge in [0, 0.05) is 18.7 Å². The number of esters is 1. The van der Waals surface area contributed by atoms with Crippen LogP contribution in [-0.2, 0) is 17.8 Å². The number of carbonyl (C=O) groups excluding carboxylic acids is 2. The van der Waals surface area contributed by atoms with Crippen LogP contribution < -0.4 is 17.2 Å². The van der Waals surface area contributed by atoms with Crippen LogP contribution in [0.1, 0.15) is 31.8 Å². The molecule has 138 valence electrons. The van der Waals surface area contributed by atoms with Gasteiger partial charge in [0.25, 0.3) is 0 Å². The van der Waals surface area contributed by atoms with Gasteiger partial charge in [-0.2, -0.15) is 0 Å². The summed E-state index contributed by atoms with van der Waals surface area (Å²) in [5, 5.41) is 0. The maximum atomic E-state index is 11.0. The molecule has 0 aliphatic carbocycles. The fraction of sp³-hybridized carbons (Fsp3) is 0.176. The van der Waals surface area contributed by atoms with Crippen molar-refractivity contribution in [3.63, 3.8) is 0 Å². The normalized spacial score (nSPS) is 8.76. The average Bonchev–Trinajstić information content (AvgIpc) is 2.61. The molecule has 0 radical (unpaired) electrons. The van der Waals surface area contributed by atoms with Crippen LogP contribution in [0.4, 0.5) is 0 Å². The first-order valence-corrected chi connectivity index (χ1v) is 6.98. The molecule has 25 heavy (non-hydrogen) atoms. The van der Waals surface area contributed by atoms with E-state index in [0.29, 0.717) is 24.2 Å². The summed E-state index contributed by atoms with van der Waals surface area (Å²) in [6.45, 7) is 0.867. The van der Waals surface area contributed by atoms with Gasteiger partial charge < -0.3 is 21.9 Å². The Balaban J connectivity index is 0. The summed E-state index contributed by atoms with van der Waals surface area (Å²) < 4.78 is 4.56. The first-order chi connectivity index (χ1) is 11.0. The highest BCUT2D eigenvalue weighted by Gasteiger charge is 2.03. The summed E-state index contributed by atoms with van der Waals surface area (Å²) in [5.41, 5.74) is 18.7. The second-order valence-electron chi connectivity index (χ2n) is 4.66. The smallest absolute Gasteiger partial charge is 0.337 e. The lowest BCUT2D eigenvalue weighted by Crippen LogP contribution is -2.11. The third kappa shape index (κ3) is 8.51. The Morgan fingerprint density at radius 3 is 1.72 bits per heavy atom. The van der Waals surface area contributed by atoms with E-state index >= 15 is 0 Å². The third-order valence-corrected chi connectivity index (χ3v) is 3.03. The summed E-state index contributed by atoms with van der Waals surface area (Å²) in [6, 6.07) is 14.1. The zero-order valence-corrected chi connectivity index (χ0v) is 15.4. The van der Waals surface area contributed by atoms with Gasteiger partial charge in [-0.25, -0.2) is 4.79 Å². The van der Waals surface area contributed by atoms with Crippen molar-refractivity contribution in [2.45, 2.75) is 13.1 Å². The molecule has 0 aromatic heterocycles. The number of halogens is 2. The van der Waals surface area contributed by atoms with Crippen LogP contribution in [0.2, 0.25) is 0 Å². The average molecular weight is 388 g/mol. The number of hydrogen-bond acceptors (Lipinski definition) is 5. The van der Waals surface area contributed by atoms with Crippen LogP contribution in [0.25, 0.3) is 0 Å². The summed E-state index contributed by atoms with van der Waals surface area (Å²) in [5.74, 6) is -0.745. The van der Waals surface area contributed by atoms with Gasteiger partial charge in [-0.05, 0) is 35.4 Å². The second-order valence-corrected chi connectivity index (χ2v) is 4.66. The van der Waals surface area contributed by atoms with E-state index in [4.69, 9.17) is 17.2 Å². The monoisotopic (exact) mass is 387 g/mol. The predicted octanol–water partition coefficient (Wildman–Crippen LogP) is 2.02. The van der Waals surface area contributed by atoms with Crippen LogP contribution in [0, 0.1) is 0 Å². The van der Waals surface area contributed by atoms with Gasteiger partial charge in [0.15, 0.2) is 0 Å². The van der Waals surface area contributed by atoms with Crippen molar-refractivity contribution in [2.75, 3.05) is 7.11 Å². The Hall–Kier alpha value is -2.12. The molecular formula is C17H23Cl2N3O3. The highest BCUT2D eigenvalue weighted by atomic mass is 35.5. The van der Waals surface area contributed by atoms with Gasteiger partial charge in [-0.1, -0.05) is 24.3 Å². The fourth-order valence-corrected chi connectivity index (χ4v) is 1.79. The second kappa shape index (κ2) is 13.2. The van der Waals surface area contributed by atoms with Crippen molar-refractivity contribution in [1.82, 2.24) is 0 Å². The standard InChI is InChI=1S/C9H11NO2.C8H10N2O.2ClH/c1-12-9(11)8-4-2-3-7(5-8)6-10;9-5-6-2-1-3-7(4-6)8(10)11;;/h2-5H,6,10H2,1H3;1-4H,5,9H2,(H2,10,11);2*1H. The highest BCUT2D eigenvalue weighted by Crippen LogP contribution is 2.05. The lowest BCUT2D eigenvalue weighted by Gasteiger charge is -2.00. The Morgan fingerprint density at radius 1 is 0.880 bits per heavy atom. The van der Waals surface area contributed by atoms with Crippen LogP contribution in [-0.4, -0.2) is 19.0 Å². The molecule has 2 aromatic rings. The molecule has 0 aliphatic heterocycles. The summed E-state index contributed by atoms with van der Waals surface area (Å²) in [7, 11) is 1.36. The molecular weight excluding hydrogens is 365 g/mol. The van der Waals surface area contributed by atoms with E-state index < -0.39 is 5.91 Å². The molecule has 2 rings (SSSR count). The summed E-state index contributed by atoms with van der Waals surface area (Å²) in [6.07, 6.45) is 0. The molecule has 8 heteroatoms. The van der Waals surface area contributed by atoms with Crippen LogP contribution >= 0.6 is 24.8 Å². The van der Waals surface area contributed by atoms with Crippen molar-refractivity contribution < 1.29 is 14.3 Å². The maximum absolute atomic E-state index is 11.0. The Bertz CT molecular complexity index is 682. The maximum Gasteiger partial charge on any atom is 0.337 e. The molecule has 1 amide bonds. The van der Waals surface area contributed by atoms with E-state index in [0.717, 1.165) is 11.1 Å². The Morgan fingerprint density at radius 2 is 1.32 bits per heavy atom. The molecule has 0 aliphatic rings. The fourth-order valence-electron chi connectivity index (χ4n) is 1.79. The molecule has 0 saturated heterocycles. The van der Waals surface area contributed by atoms with Gasteiger partial charge in [-0.3, -0.25) is 4.79 Å². The zero-order chi connectivity index (χ0) is 17.2. The van der Waals surface area contributed by atoms with Crippen LogP contribution in [0.3, 0.4) is 0 Å². The lowest BCUT2D eigenvalue weighted by atomic mass is 10.1. The minimum atomic E-state index is -0.416. The predicted molar refractivity (Wildman–Crippen MR) is 103 cm³/mol. The van der Waals surface area contributed by atoms with E-state index in [1.54, 1.807) is 36.4 Å². The van der Waals surface area contributed by atoms with Crippen molar-refractivity contribution in [3.05, 3.63) is 70.8 Å². The van der Waals surface area contributed by atoms with E-state index in [1.165, 1.54) is 7.11 Å². The van der Waals surface area contributed by atoms with E-state index in [1.807, 2.05) is 12.1 Å². The molecule has 6 nitrogen and oxygen atoms in total. The van der Waals surface area contributed by atoms with Gasteiger partial charge in [-0.15, -0.1) is 24.8 Å². The number of amides is 1. The first kappa shape index (κ1) is 25.1. The summed E-state index contributed by atoms with van der Waals surface area (Å²) in [4.78, 5) is 21.7. The largest absolute Gasteiger partial charge is 0.465 e. The molecule has 0 unspecified atom stereocenters. The van der Waals surface area contributed by atoms with Crippen molar-refractivity contribution >= 4 is 36.7 Å².